The number of para-hydroxylation sites is 1. The maximum absolute atomic E-state index is 12.4. The van der Waals surface area contributed by atoms with Crippen LogP contribution in [-0.2, 0) is 6.54 Å². The molecule has 2 aromatic rings. The fourth-order valence-electron chi connectivity index (χ4n) is 2.02. The average Bonchev–Trinajstić information content (AvgIpc) is 3.11. The summed E-state index contributed by atoms with van der Waals surface area (Å²) in [6, 6.07) is 7.96. The molecular weight excluding hydrogens is 260 g/mol. The highest BCUT2D eigenvalue weighted by Gasteiger charge is 2.34. The maximum atomic E-state index is 12.4. The Morgan fingerprint density at radius 2 is 2.21 bits per heavy atom. The summed E-state index contributed by atoms with van der Waals surface area (Å²) in [5.74, 6) is -0.0560. The number of anilines is 1. The zero-order valence-corrected chi connectivity index (χ0v) is 11.1. The van der Waals surface area contributed by atoms with Crippen LogP contribution in [0.1, 0.15) is 28.9 Å². The summed E-state index contributed by atoms with van der Waals surface area (Å²) in [5, 5.41) is 5.54. The van der Waals surface area contributed by atoms with Gasteiger partial charge in [-0.2, -0.15) is 0 Å². The smallest absolute Gasteiger partial charge is 0.275 e. The van der Waals surface area contributed by atoms with Crippen molar-refractivity contribution < 1.29 is 4.79 Å². The van der Waals surface area contributed by atoms with E-state index >= 15 is 0 Å². The number of carbonyl (C=O) groups excluding carboxylic acids is 1. The summed E-state index contributed by atoms with van der Waals surface area (Å²) >= 11 is 1.19. The molecule has 0 atom stereocenters. The predicted octanol–water partition coefficient (Wildman–Crippen LogP) is 1.93. The van der Waals surface area contributed by atoms with E-state index in [9.17, 15) is 4.79 Å². The van der Waals surface area contributed by atoms with Crippen molar-refractivity contribution in [2.75, 3.05) is 5.73 Å². The minimum atomic E-state index is -0.0560. The Labute approximate surface area is 115 Å². The maximum Gasteiger partial charge on any atom is 0.275 e. The quantitative estimate of drug-likeness (QED) is 0.865. The van der Waals surface area contributed by atoms with Gasteiger partial charge in [0.25, 0.3) is 5.91 Å². The van der Waals surface area contributed by atoms with Crippen molar-refractivity contribution in [3.63, 3.8) is 0 Å². The van der Waals surface area contributed by atoms with Gasteiger partial charge in [0, 0.05) is 23.7 Å². The van der Waals surface area contributed by atoms with Gasteiger partial charge in [-0.25, -0.2) is 0 Å². The Bertz CT molecular complexity index is 580. The molecule has 1 fully saturated rings. The first kappa shape index (κ1) is 12.1. The third-order valence-electron chi connectivity index (χ3n) is 3.22. The molecule has 98 valence electrons. The van der Waals surface area contributed by atoms with Crippen LogP contribution < -0.4 is 5.73 Å². The summed E-state index contributed by atoms with van der Waals surface area (Å²) in [5.41, 5.74) is 8.06. The molecule has 0 saturated heterocycles. The Morgan fingerprint density at radius 3 is 2.84 bits per heavy atom. The minimum absolute atomic E-state index is 0.0560. The number of hydrogen-bond acceptors (Lipinski definition) is 5. The third-order valence-corrected chi connectivity index (χ3v) is 3.73. The highest BCUT2D eigenvalue weighted by atomic mass is 32.1. The van der Waals surface area contributed by atoms with Crippen molar-refractivity contribution in [3.8, 4) is 0 Å². The van der Waals surface area contributed by atoms with Crippen molar-refractivity contribution in [2.24, 2.45) is 0 Å². The first-order valence-corrected chi connectivity index (χ1v) is 7.01. The van der Waals surface area contributed by atoms with Gasteiger partial charge in [-0.1, -0.05) is 22.7 Å². The van der Waals surface area contributed by atoms with Crippen molar-refractivity contribution in [2.45, 2.75) is 25.4 Å². The average molecular weight is 274 g/mol. The lowest BCUT2D eigenvalue weighted by Crippen LogP contribution is -2.33. The number of rotatable bonds is 4. The van der Waals surface area contributed by atoms with Gasteiger partial charge in [0.1, 0.15) is 0 Å². The fraction of sp³-hybridized carbons (Fsp3) is 0.308. The summed E-state index contributed by atoms with van der Waals surface area (Å²) in [4.78, 5) is 14.2. The number of hydrogen-bond donors (Lipinski definition) is 1. The Kier molecular flexibility index (Phi) is 3.16. The molecule has 3 rings (SSSR count). The van der Waals surface area contributed by atoms with Gasteiger partial charge in [0.2, 0.25) is 0 Å². The first-order chi connectivity index (χ1) is 9.25. The molecular formula is C13H14N4OS. The number of nitrogen functional groups attached to an aromatic ring is 1. The van der Waals surface area contributed by atoms with E-state index in [1.165, 1.54) is 11.5 Å². The highest BCUT2D eigenvalue weighted by Crippen LogP contribution is 2.30. The van der Waals surface area contributed by atoms with E-state index < -0.39 is 0 Å². The molecule has 5 nitrogen and oxygen atoms in total. The molecule has 1 saturated carbocycles. The van der Waals surface area contributed by atoms with E-state index in [2.05, 4.69) is 9.59 Å². The van der Waals surface area contributed by atoms with Crippen molar-refractivity contribution in [3.05, 3.63) is 40.9 Å². The van der Waals surface area contributed by atoms with Crippen LogP contribution in [0.4, 0.5) is 5.69 Å². The van der Waals surface area contributed by atoms with Crippen LogP contribution in [0.3, 0.4) is 0 Å². The van der Waals surface area contributed by atoms with E-state index in [-0.39, 0.29) is 5.91 Å². The Hall–Kier alpha value is -1.95. The number of aromatic nitrogens is 2. The second-order valence-electron chi connectivity index (χ2n) is 4.65. The summed E-state index contributed by atoms with van der Waals surface area (Å²) in [6.45, 7) is 0.535. The number of nitrogens with zero attached hydrogens (tertiary/aromatic N) is 3. The normalized spacial score (nSPS) is 14.3. The molecule has 1 aromatic carbocycles. The second-order valence-corrected chi connectivity index (χ2v) is 5.26. The first-order valence-electron chi connectivity index (χ1n) is 6.17. The van der Waals surface area contributed by atoms with E-state index in [0.29, 0.717) is 18.3 Å². The zero-order valence-electron chi connectivity index (χ0n) is 10.3. The largest absolute Gasteiger partial charge is 0.398 e. The molecule has 0 spiro atoms. The van der Waals surface area contributed by atoms with E-state index in [1.807, 2.05) is 29.2 Å². The van der Waals surface area contributed by atoms with Gasteiger partial charge in [-0.05, 0) is 36.0 Å². The number of amides is 1. The van der Waals surface area contributed by atoms with Crippen LogP contribution in [-0.4, -0.2) is 26.4 Å². The zero-order chi connectivity index (χ0) is 13.2. The molecule has 1 amide bonds. The molecule has 0 bridgehead atoms. The molecule has 6 heteroatoms. The number of carbonyl (C=O) groups is 1. The lowest BCUT2D eigenvalue weighted by molar-refractivity contribution is 0.0724. The third kappa shape index (κ3) is 2.58. The standard InChI is InChI=1S/C13H14N4OS/c14-11-4-2-1-3-9(11)7-17(10-5-6-10)13(18)12-8-19-16-15-12/h1-4,8,10H,5-7,14H2. The number of benzene rings is 1. The van der Waals surface area contributed by atoms with E-state index in [1.54, 1.807) is 5.38 Å². The molecule has 0 unspecified atom stereocenters. The molecule has 1 aromatic heterocycles. The Balaban J connectivity index is 1.82. The monoisotopic (exact) mass is 274 g/mol. The molecule has 1 aliphatic rings. The SMILES string of the molecule is Nc1ccccc1CN(C(=O)c1csnn1)C1CC1. The molecule has 1 heterocycles. The fourth-order valence-corrected chi connectivity index (χ4v) is 2.45. The van der Waals surface area contributed by atoms with Gasteiger partial charge in [-0.15, -0.1) is 5.10 Å². The minimum Gasteiger partial charge on any atom is -0.398 e. The lowest BCUT2D eigenvalue weighted by atomic mass is 10.1. The molecule has 1 aliphatic carbocycles. The van der Waals surface area contributed by atoms with Crippen LogP contribution >= 0.6 is 11.5 Å². The van der Waals surface area contributed by atoms with E-state index in [0.717, 1.165) is 24.1 Å². The molecule has 0 radical (unpaired) electrons. The molecule has 2 N–H and O–H groups in total. The van der Waals surface area contributed by atoms with Gasteiger partial charge >= 0.3 is 0 Å². The topological polar surface area (TPSA) is 72.1 Å². The van der Waals surface area contributed by atoms with Crippen molar-refractivity contribution in [1.82, 2.24) is 14.5 Å². The molecule has 19 heavy (non-hydrogen) atoms. The van der Waals surface area contributed by atoms with Crippen LogP contribution in [0, 0.1) is 0 Å². The van der Waals surface area contributed by atoms with Gasteiger partial charge in [-0.3, -0.25) is 4.79 Å². The number of nitrogens with two attached hydrogens (primary N) is 1. The summed E-state index contributed by atoms with van der Waals surface area (Å²) in [7, 11) is 0. The Morgan fingerprint density at radius 1 is 1.42 bits per heavy atom. The van der Waals surface area contributed by atoms with Crippen LogP contribution in [0.2, 0.25) is 0 Å². The van der Waals surface area contributed by atoms with Gasteiger partial charge in [0.15, 0.2) is 5.69 Å². The lowest BCUT2D eigenvalue weighted by Gasteiger charge is -2.22. The van der Waals surface area contributed by atoms with Gasteiger partial charge < -0.3 is 10.6 Å². The van der Waals surface area contributed by atoms with Crippen LogP contribution in [0.25, 0.3) is 0 Å². The van der Waals surface area contributed by atoms with Crippen LogP contribution in [0.5, 0.6) is 0 Å². The molecule has 0 aliphatic heterocycles. The van der Waals surface area contributed by atoms with Crippen LogP contribution in [0.15, 0.2) is 29.6 Å². The summed E-state index contributed by atoms with van der Waals surface area (Å²) < 4.78 is 3.75. The van der Waals surface area contributed by atoms with Gasteiger partial charge in [0.05, 0.1) is 0 Å². The summed E-state index contributed by atoms with van der Waals surface area (Å²) in [6.07, 6.45) is 2.10. The van der Waals surface area contributed by atoms with Crippen molar-refractivity contribution >= 4 is 23.1 Å². The predicted molar refractivity (Wildman–Crippen MR) is 73.7 cm³/mol. The van der Waals surface area contributed by atoms with E-state index in [4.69, 9.17) is 5.73 Å². The highest BCUT2D eigenvalue weighted by molar-refractivity contribution is 7.03. The second kappa shape index (κ2) is 4.97. The van der Waals surface area contributed by atoms with Crippen molar-refractivity contribution in [1.29, 1.82) is 0 Å².